The van der Waals surface area contributed by atoms with Crippen molar-refractivity contribution in [3.63, 3.8) is 0 Å². The highest BCUT2D eigenvalue weighted by Gasteiger charge is 2.38. The molecule has 0 aromatic rings. The molecule has 5 heteroatoms. The molecule has 4 atom stereocenters. The van der Waals surface area contributed by atoms with Gasteiger partial charge in [-0.05, 0) is 0 Å². The lowest BCUT2D eigenvalue weighted by atomic mass is 10.0. The molecular weight excluding hydrogens is 155 g/mol. The van der Waals surface area contributed by atoms with E-state index in [2.05, 4.69) is 4.74 Å². The van der Waals surface area contributed by atoms with Gasteiger partial charge in [-0.1, -0.05) is 0 Å². The number of aliphatic hydroxyl groups excluding tert-OH is 3. The molecule has 0 aliphatic carbocycles. The first-order valence-corrected chi connectivity index (χ1v) is 3.26. The molecule has 65 valence electrons. The Bertz CT molecular complexity index is 130. The van der Waals surface area contributed by atoms with Gasteiger partial charge < -0.3 is 20.1 Å². The van der Waals surface area contributed by atoms with Crippen LogP contribution < -0.4 is 0 Å². The SMILES string of the molecule is OC[C@H]1O[CH][C@H](O)[C@@H](O)[C@@H]1F. The highest BCUT2D eigenvalue weighted by Crippen LogP contribution is 2.20. The second-order valence-electron chi connectivity index (χ2n) is 2.42. The Kier molecular flexibility index (Phi) is 2.78. The van der Waals surface area contributed by atoms with Gasteiger partial charge in [-0.2, -0.15) is 0 Å². The fourth-order valence-electron chi connectivity index (χ4n) is 0.889. The molecule has 0 amide bonds. The van der Waals surface area contributed by atoms with Crippen molar-refractivity contribution in [1.29, 1.82) is 0 Å². The molecule has 0 bridgehead atoms. The third kappa shape index (κ3) is 1.67. The molecule has 0 aromatic heterocycles. The van der Waals surface area contributed by atoms with Crippen LogP contribution in [0.15, 0.2) is 0 Å². The molecule has 0 aromatic carbocycles. The fraction of sp³-hybridized carbons (Fsp3) is 0.833. The second kappa shape index (κ2) is 3.44. The van der Waals surface area contributed by atoms with Crippen LogP contribution in [0.1, 0.15) is 0 Å². The second-order valence-corrected chi connectivity index (χ2v) is 2.42. The minimum absolute atomic E-state index is 0.512. The summed E-state index contributed by atoms with van der Waals surface area (Å²) in [5.41, 5.74) is 0. The first kappa shape index (κ1) is 8.86. The largest absolute Gasteiger partial charge is 0.394 e. The maximum atomic E-state index is 12.8. The minimum atomic E-state index is -1.74. The number of ether oxygens (including phenoxy) is 1. The Morgan fingerprint density at radius 1 is 1.45 bits per heavy atom. The predicted molar refractivity (Wildman–Crippen MR) is 33.2 cm³/mol. The molecule has 1 saturated heterocycles. The lowest BCUT2D eigenvalue weighted by molar-refractivity contribution is -0.144. The van der Waals surface area contributed by atoms with Gasteiger partial charge in [0.1, 0.15) is 24.9 Å². The van der Waals surface area contributed by atoms with Gasteiger partial charge in [-0.25, -0.2) is 4.39 Å². The van der Waals surface area contributed by atoms with Crippen molar-refractivity contribution in [2.75, 3.05) is 6.61 Å². The number of aliphatic hydroxyl groups is 3. The summed E-state index contributed by atoms with van der Waals surface area (Å²) >= 11 is 0. The number of halogens is 1. The van der Waals surface area contributed by atoms with Crippen molar-refractivity contribution in [3.8, 4) is 0 Å². The van der Waals surface area contributed by atoms with Crippen LogP contribution in [0.5, 0.6) is 0 Å². The van der Waals surface area contributed by atoms with Crippen molar-refractivity contribution in [1.82, 2.24) is 0 Å². The first-order valence-electron chi connectivity index (χ1n) is 3.26. The Morgan fingerprint density at radius 3 is 2.64 bits per heavy atom. The molecule has 0 saturated carbocycles. The topological polar surface area (TPSA) is 69.9 Å². The van der Waals surface area contributed by atoms with Gasteiger partial charge in [-0.15, -0.1) is 0 Å². The fourth-order valence-corrected chi connectivity index (χ4v) is 0.889. The maximum Gasteiger partial charge on any atom is 0.157 e. The van der Waals surface area contributed by atoms with Gasteiger partial charge in [0.05, 0.1) is 6.61 Å². The predicted octanol–water partition coefficient (Wildman–Crippen LogP) is -1.40. The molecule has 1 heterocycles. The molecule has 0 unspecified atom stereocenters. The Hall–Kier alpha value is -0.230. The van der Waals surface area contributed by atoms with Crippen LogP contribution >= 0.6 is 0 Å². The lowest BCUT2D eigenvalue weighted by Crippen LogP contribution is -2.49. The molecule has 1 fully saturated rings. The molecule has 11 heavy (non-hydrogen) atoms. The van der Waals surface area contributed by atoms with E-state index < -0.39 is 31.1 Å². The van der Waals surface area contributed by atoms with Crippen LogP contribution in [0.2, 0.25) is 0 Å². The van der Waals surface area contributed by atoms with E-state index >= 15 is 0 Å². The molecule has 1 radical (unpaired) electrons. The zero-order chi connectivity index (χ0) is 8.43. The highest BCUT2D eigenvalue weighted by molar-refractivity contribution is 4.91. The van der Waals surface area contributed by atoms with E-state index in [1.54, 1.807) is 0 Å². The van der Waals surface area contributed by atoms with Crippen LogP contribution in [-0.4, -0.2) is 46.4 Å². The Balaban J connectivity index is 2.52. The smallest absolute Gasteiger partial charge is 0.157 e. The molecule has 1 aliphatic heterocycles. The van der Waals surface area contributed by atoms with Crippen LogP contribution in [0.3, 0.4) is 0 Å². The average Bonchev–Trinajstić information content (AvgIpc) is 2.01. The van der Waals surface area contributed by atoms with Crippen molar-refractivity contribution < 1.29 is 24.4 Å². The summed E-state index contributed by atoms with van der Waals surface area (Å²) in [6, 6.07) is 0. The third-order valence-electron chi connectivity index (χ3n) is 1.60. The van der Waals surface area contributed by atoms with Crippen LogP contribution in [0.25, 0.3) is 0 Å². The van der Waals surface area contributed by atoms with Crippen molar-refractivity contribution in [3.05, 3.63) is 6.61 Å². The molecular formula is C6H10FO4. The van der Waals surface area contributed by atoms with Crippen LogP contribution in [-0.2, 0) is 4.74 Å². The van der Waals surface area contributed by atoms with Crippen molar-refractivity contribution in [2.45, 2.75) is 24.5 Å². The van der Waals surface area contributed by atoms with Crippen molar-refractivity contribution >= 4 is 0 Å². The zero-order valence-electron chi connectivity index (χ0n) is 5.72. The summed E-state index contributed by atoms with van der Waals surface area (Å²) in [5.74, 6) is 0. The van der Waals surface area contributed by atoms with Gasteiger partial charge in [-0.3, -0.25) is 0 Å². The van der Waals surface area contributed by atoms with Gasteiger partial charge in [0, 0.05) is 0 Å². The average molecular weight is 165 g/mol. The normalized spacial score (nSPS) is 45.8. The van der Waals surface area contributed by atoms with Gasteiger partial charge in [0.25, 0.3) is 0 Å². The lowest BCUT2D eigenvalue weighted by Gasteiger charge is -2.32. The molecule has 1 rings (SSSR count). The van der Waals surface area contributed by atoms with E-state index in [4.69, 9.17) is 15.3 Å². The minimum Gasteiger partial charge on any atom is -0.394 e. The summed E-state index contributed by atoms with van der Waals surface area (Å²) < 4.78 is 17.3. The maximum absolute atomic E-state index is 12.8. The zero-order valence-corrected chi connectivity index (χ0v) is 5.72. The van der Waals surface area contributed by atoms with Crippen LogP contribution in [0, 0.1) is 6.61 Å². The molecule has 0 spiro atoms. The highest BCUT2D eigenvalue weighted by atomic mass is 19.1. The summed E-state index contributed by atoms with van der Waals surface area (Å²) in [6.45, 7) is 0.406. The monoisotopic (exact) mass is 165 g/mol. The van der Waals surface area contributed by atoms with E-state index in [1.165, 1.54) is 0 Å². The Morgan fingerprint density at radius 2 is 2.09 bits per heavy atom. The number of alkyl halides is 1. The summed E-state index contributed by atoms with van der Waals surface area (Å²) in [7, 11) is 0. The number of hydrogen-bond donors (Lipinski definition) is 3. The van der Waals surface area contributed by atoms with Crippen LogP contribution in [0.4, 0.5) is 4.39 Å². The molecule has 1 aliphatic rings. The third-order valence-corrected chi connectivity index (χ3v) is 1.60. The van der Waals surface area contributed by atoms with Gasteiger partial charge in [0.2, 0.25) is 0 Å². The Labute approximate surface area is 63.2 Å². The van der Waals surface area contributed by atoms with Gasteiger partial charge >= 0.3 is 0 Å². The van der Waals surface area contributed by atoms with E-state index in [9.17, 15) is 4.39 Å². The van der Waals surface area contributed by atoms with E-state index in [-0.39, 0.29) is 0 Å². The van der Waals surface area contributed by atoms with E-state index in [0.29, 0.717) is 0 Å². The number of hydrogen-bond acceptors (Lipinski definition) is 4. The molecule has 3 N–H and O–H groups in total. The first-order chi connectivity index (χ1) is 5.16. The van der Waals surface area contributed by atoms with E-state index in [1.807, 2.05) is 0 Å². The number of rotatable bonds is 1. The van der Waals surface area contributed by atoms with Gasteiger partial charge in [0.15, 0.2) is 6.17 Å². The summed E-state index contributed by atoms with van der Waals surface area (Å²) in [5, 5.41) is 26.2. The van der Waals surface area contributed by atoms with Crippen molar-refractivity contribution in [2.24, 2.45) is 0 Å². The summed E-state index contributed by atoms with van der Waals surface area (Å²) in [4.78, 5) is 0. The summed E-state index contributed by atoms with van der Waals surface area (Å²) in [6.07, 6.45) is -5.61. The van der Waals surface area contributed by atoms with E-state index in [0.717, 1.165) is 6.61 Å². The standard InChI is InChI=1S/C6H10FO4/c7-5-4(1-8)11-2-3(9)6(5)10/h2-6,8-10H,1H2/t3-,4+,5+,6+/m0/s1. The quantitative estimate of drug-likeness (QED) is 0.447. The molecule has 4 nitrogen and oxygen atoms in total.